The summed E-state index contributed by atoms with van der Waals surface area (Å²) >= 11 is 0. The summed E-state index contributed by atoms with van der Waals surface area (Å²) in [5.74, 6) is -2.80. The van der Waals surface area contributed by atoms with Gasteiger partial charge in [0.25, 0.3) is 5.92 Å². The number of benzene rings is 2. The van der Waals surface area contributed by atoms with Gasteiger partial charge < -0.3 is 0 Å². The van der Waals surface area contributed by atoms with Crippen molar-refractivity contribution >= 4 is 6.29 Å². The summed E-state index contributed by atoms with van der Waals surface area (Å²) in [5, 5.41) is 0. The van der Waals surface area contributed by atoms with Crippen LogP contribution in [-0.2, 0) is 5.92 Å². The first-order chi connectivity index (χ1) is 9.08. The van der Waals surface area contributed by atoms with Crippen molar-refractivity contribution < 1.29 is 13.6 Å². The SMILES string of the molecule is CCC(F)(F)c1ccc(-c2ccccc2C=O)cc1. The summed E-state index contributed by atoms with van der Waals surface area (Å²) in [7, 11) is 0. The Labute approximate surface area is 110 Å². The number of rotatable bonds is 4. The average molecular weight is 260 g/mol. The van der Waals surface area contributed by atoms with Crippen LogP contribution in [-0.4, -0.2) is 6.29 Å². The Morgan fingerprint density at radius 1 is 1.05 bits per heavy atom. The van der Waals surface area contributed by atoms with Crippen LogP contribution in [0.15, 0.2) is 48.5 Å². The van der Waals surface area contributed by atoms with Crippen LogP contribution in [0.5, 0.6) is 0 Å². The van der Waals surface area contributed by atoms with E-state index in [0.29, 0.717) is 5.56 Å². The predicted octanol–water partition coefficient (Wildman–Crippen LogP) is 4.67. The molecule has 1 nitrogen and oxygen atoms in total. The Hall–Kier alpha value is -2.03. The molecule has 0 atom stereocenters. The third-order valence-electron chi connectivity index (χ3n) is 3.15. The van der Waals surface area contributed by atoms with E-state index in [-0.39, 0.29) is 12.0 Å². The molecule has 0 amide bonds. The lowest BCUT2D eigenvalue weighted by Gasteiger charge is -2.15. The van der Waals surface area contributed by atoms with Crippen molar-refractivity contribution in [3.05, 3.63) is 59.7 Å². The summed E-state index contributed by atoms with van der Waals surface area (Å²) in [6.45, 7) is 1.45. The molecule has 0 saturated heterocycles. The third kappa shape index (κ3) is 2.70. The number of hydrogen-bond donors (Lipinski definition) is 0. The highest BCUT2D eigenvalue weighted by molar-refractivity contribution is 5.87. The number of aldehydes is 1. The second-order valence-electron chi connectivity index (χ2n) is 4.34. The van der Waals surface area contributed by atoms with Gasteiger partial charge in [0.05, 0.1) is 0 Å². The van der Waals surface area contributed by atoms with E-state index in [2.05, 4.69) is 0 Å². The first-order valence-corrected chi connectivity index (χ1v) is 6.11. The van der Waals surface area contributed by atoms with Crippen molar-refractivity contribution in [3.63, 3.8) is 0 Å². The zero-order chi connectivity index (χ0) is 13.9. The maximum absolute atomic E-state index is 13.5. The molecular formula is C16H14F2O. The molecule has 0 spiro atoms. The van der Waals surface area contributed by atoms with Gasteiger partial charge in [-0.2, -0.15) is 0 Å². The van der Waals surface area contributed by atoms with Crippen LogP contribution >= 0.6 is 0 Å². The Kier molecular flexibility index (Phi) is 3.74. The molecule has 0 bridgehead atoms. The average Bonchev–Trinajstić information content (AvgIpc) is 2.47. The second kappa shape index (κ2) is 5.31. The van der Waals surface area contributed by atoms with E-state index in [9.17, 15) is 13.6 Å². The molecular weight excluding hydrogens is 246 g/mol. The van der Waals surface area contributed by atoms with Gasteiger partial charge in [-0.1, -0.05) is 55.5 Å². The van der Waals surface area contributed by atoms with Crippen LogP contribution in [0.25, 0.3) is 11.1 Å². The summed E-state index contributed by atoms with van der Waals surface area (Å²) in [6.07, 6.45) is 0.543. The summed E-state index contributed by atoms with van der Waals surface area (Å²) in [4.78, 5) is 11.0. The highest BCUT2D eigenvalue weighted by Crippen LogP contribution is 2.33. The highest BCUT2D eigenvalue weighted by Gasteiger charge is 2.28. The van der Waals surface area contributed by atoms with E-state index in [0.717, 1.165) is 17.4 Å². The molecule has 2 rings (SSSR count). The minimum Gasteiger partial charge on any atom is -0.298 e. The van der Waals surface area contributed by atoms with E-state index < -0.39 is 5.92 Å². The number of halogens is 2. The van der Waals surface area contributed by atoms with E-state index in [1.54, 1.807) is 30.3 Å². The van der Waals surface area contributed by atoms with Crippen molar-refractivity contribution in [2.24, 2.45) is 0 Å². The third-order valence-corrected chi connectivity index (χ3v) is 3.15. The lowest BCUT2D eigenvalue weighted by Crippen LogP contribution is -2.10. The molecule has 0 aromatic heterocycles. The number of carbonyl (C=O) groups is 1. The van der Waals surface area contributed by atoms with Gasteiger partial charge in [0.15, 0.2) is 6.29 Å². The maximum Gasteiger partial charge on any atom is 0.273 e. The Balaban J connectivity index is 2.41. The van der Waals surface area contributed by atoms with Crippen molar-refractivity contribution in [2.45, 2.75) is 19.3 Å². The molecule has 3 heteroatoms. The van der Waals surface area contributed by atoms with Gasteiger partial charge in [0, 0.05) is 17.5 Å². The molecule has 0 saturated carbocycles. The van der Waals surface area contributed by atoms with Crippen molar-refractivity contribution in [3.8, 4) is 11.1 Å². The fourth-order valence-electron chi connectivity index (χ4n) is 1.96. The highest BCUT2D eigenvalue weighted by atomic mass is 19.3. The standard InChI is InChI=1S/C16H14F2O/c1-2-16(17,18)14-9-7-12(8-10-14)15-6-4-3-5-13(15)11-19/h3-11H,2H2,1H3. The maximum atomic E-state index is 13.5. The lowest BCUT2D eigenvalue weighted by molar-refractivity contribution is -0.00827. The van der Waals surface area contributed by atoms with Gasteiger partial charge in [-0.15, -0.1) is 0 Å². The fourth-order valence-corrected chi connectivity index (χ4v) is 1.96. The van der Waals surface area contributed by atoms with Crippen molar-refractivity contribution in [1.29, 1.82) is 0 Å². The van der Waals surface area contributed by atoms with Gasteiger partial charge in [-0.3, -0.25) is 4.79 Å². The molecule has 0 unspecified atom stereocenters. The lowest BCUT2D eigenvalue weighted by atomic mass is 9.97. The minimum absolute atomic E-state index is 0.00216. The van der Waals surface area contributed by atoms with Gasteiger partial charge in [0.2, 0.25) is 0 Å². The van der Waals surface area contributed by atoms with Crippen LogP contribution in [0.4, 0.5) is 8.78 Å². The van der Waals surface area contributed by atoms with Crippen molar-refractivity contribution in [1.82, 2.24) is 0 Å². The molecule has 0 N–H and O–H groups in total. The molecule has 0 aliphatic carbocycles. The van der Waals surface area contributed by atoms with E-state index in [1.165, 1.54) is 19.1 Å². The zero-order valence-electron chi connectivity index (χ0n) is 10.6. The summed E-state index contributed by atoms with van der Waals surface area (Å²) in [6, 6.07) is 13.2. The number of hydrogen-bond acceptors (Lipinski definition) is 1. The van der Waals surface area contributed by atoms with Crippen molar-refractivity contribution in [2.75, 3.05) is 0 Å². The van der Waals surface area contributed by atoms with Gasteiger partial charge in [0.1, 0.15) is 0 Å². The quantitative estimate of drug-likeness (QED) is 0.730. The molecule has 98 valence electrons. The van der Waals surface area contributed by atoms with Crippen LogP contribution in [0, 0.1) is 0 Å². The summed E-state index contributed by atoms with van der Waals surface area (Å²) in [5.41, 5.74) is 2.07. The Bertz CT molecular complexity index is 574. The number of carbonyl (C=O) groups excluding carboxylic acids is 1. The largest absolute Gasteiger partial charge is 0.298 e. The predicted molar refractivity (Wildman–Crippen MR) is 71.5 cm³/mol. The second-order valence-corrected chi connectivity index (χ2v) is 4.34. The topological polar surface area (TPSA) is 17.1 Å². The molecule has 0 radical (unpaired) electrons. The van der Waals surface area contributed by atoms with Gasteiger partial charge in [-0.25, -0.2) is 8.78 Å². The smallest absolute Gasteiger partial charge is 0.273 e. The monoisotopic (exact) mass is 260 g/mol. The van der Waals surface area contributed by atoms with Gasteiger partial charge in [-0.05, 0) is 11.1 Å². The summed E-state index contributed by atoms with van der Waals surface area (Å²) < 4.78 is 27.0. The van der Waals surface area contributed by atoms with Crippen LogP contribution < -0.4 is 0 Å². The number of alkyl halides is 2. The van der Waals surface area contributed by atoms with Crippen LogP contribution in [0.2, 0.25) is 0 Å². The Morgan fingerprint density at radius 3 is 2.26 bits per heavy atom. The molecule has 0 fully saturated rings. The molecule has 2 aromatic carbocycles. The minimum atomic E-state index is -2.80. The first-order valence-electron chi connectivity index (χ1n) is 6.11. The molecule has 2 aromatic rings. The van der Waals surface area contributed by atoms with Crippen LogP contribution in [0.1, 0.15) is 29.3 Å². The normalized spacial score (nSPS) is 11.3. The van der Waals surface area contributed by atoms with E-state index >= 15 is 0 Å². The van der Waals surface area contributed by atoms with E-state index in [1.807, 2.05) is 6.07 Å². The molecule has 0 aliphatic rings. The zero-order valence-corrected chi connectivity index (χ0v) is 10.6. The van der Waals surface area contributed by atoms with E-state index in [4.69, 9.17) is 0 Å². The molecule has 0 aliphatic heterocycles. The van der Waals surface area contributed by atoms with Gasteiger partial charge >= 0.3 is 0 Å². The fraction of sp³-hybridized carbons (Fsp3) is 0.188. The molecule has 19 heavy (non-hydrogen) atoms. The Morgan fingerprint density at radius 2 is 1.68 bits per heavy atom. The van der Waals surface area contributed by atoms with Crippen LogP contribution in [0.3, 0.4) is 0 Å². The first kappa shape index (κ1) is 13.4. The molecule has 0 heterocycles.